The van der Waals surface area contributed by atoms with Crippen LogP contribution in [0.3, 0.4) is 0 Å². The smallest absolute Gasteiger partial charge is 0.341 e. The van der Waals surface area contributed by atoms with Gasteiger partial charge in [0.15, 0.2) is 0 Å². The van der Waals surface area contributed by atoms with Gasteiger partial charge in [-0.2, -0.15) is 0 Å². The Balaban J connectivity index is 1.59. The molecule has 2 aromatic rings. The molecule has 0 saturated carbocycles. The summed E-state index contributed by atoms with van der Waals surface area (Å²) in [5.41, 5.74) is 0.942. The van der Waals surface area contributed by atoms with Gasteiger partial charge in [-0.25, -0.2) is 13.6 Å². The number of benzene rings is 2. The van der Waals surface area contributed by atoms with E-state index in [1.54, 1.807) is 24.3 Å². The van der Waals surface area contributed by atoms with Gasteiger partial charge in [-0.05, 0) is 42.7 Å². The van der Waals surface area contributed by atoms with Crippen molar-refractivity contribution in [2.75, 3.05) is 13.1 Å². The van der Waals surface area contributed by atoms with Gasteiger partial charge in [-0.15, -0.1) is 0 Å². The average molecular weight is 345 g/mol. The fourth-order valence-electron chi connectivity index (χ4n) is 2.73. The van der Waals surface area contributed by atoms with Crippen LogP contribution in [0.15, 0.2) is 42.5 Å². The highest BCUT2D eigenvalue weighted by Gasteiger charge is 2.19. The lowest BCUT2D eigenvalue weighted by molar-refractivity contribution is 0.0467. The van der Waals surface area contributed by atoms with Crippen molar-refractivity contribution in [3.8, 4) is 0 Å². The van der Waals surface area contributed by atoms with Gasteiger partial charge in [0.25, 0.3) is 5.91 Å². The number of likely N-dealkylation sites (tertiary alicyclic amines) is 1. The Labute approximate surface area is 144 Å². The van der Waals surface area contributed by atoms with E-state index in [1.165, 1.54) is 0 Å². The largest absolute Gasteiger partial charge is 0.457 e. The Morgan fingerprint density at radius 1 is 1.00 bits per heavy atom. The lowest BCUT2D eigenvalue weighted by atomic mass is 10.1. The topological polar surface area (TPSA) is 46.6 Å². The highest BCUT2D eigenvalue weighted by molar-refractivity contribution is 5.94. The zero-order valence-corrected chi connectivity index (χ0v) is 13.5. The first-order valence-corrected chi connectivity index (χ1v) is 8.05. The fourth-order valence-corrected chi connectivity index (χ4v) is 2.73. The molecule has 1 amide bonds. The molecule has 0 unspecified atom stereocenters. The first-order chi connectivity index (χ1) is 12.0. The van der Waals surface area contributed by atoms with Gasteiger partial charge in [0.05, 0.1) is 5.56 Å². The highest BCUT2D eigenvalue weighted by atomic mass is 19.1. The van der Waals surface area contributed by atoms with Gasteiger partial charge in [-0.3, -0.25) is 4.79 Å². The third kappa shape index (κ3) is 4.02. The van der Waals surface area contributed by atoms with Crippen LogP contribution in [-0.4, -0.2) is 29.9 Å². The van der Waals surface area contributed by atoms with Crippen LogP contribution in [0.5, 0.6) is 0 Å². The molecule has 130 valence electrons. The molecule has 1 aliphatic rings. The summed E-state index contributed by atoms with van der Waals surface area (Å²) >= 11 is 0. The summed E-state index contributed by atoms with van der Waals surface area (Å²) in [6.07, 6.45) is 2.06. The summed E-state index contributed by atoms with van der Waals surface area (Å²) in [4.78, 5) is 25.9. The Hall–Kier alpha value is -2.76. The maximum atomic E-state index is 13.5. The number of esters is 1. The first-order valence-electron chi connectivity index (χ1n) is 8.05. The number of nitrogens with zero attached hydrogens (tertiary/aromatic N) is 1. The molecule has 0 atom stereocenters. The molecule has 0 N–H and O–H groups in total. The number of carbonyl (C=O) groups excluding carboxylic acids is 2. The SMILES string of the molecule is O=C(OCc1ccc(C(=O)N2CCCC2)cc1)c1ccc(F)cc1F. The van der Waals surface area contributed by atoms with E-state index in [1.807, 2.05) is 4.90 Å². The quantitative estimate of drug-likeness (QED) is 0.796. The van der Waals surface area contributed by atoms with Crippen LogP contribution in [0.2, 0.25) is 0 Å². The predicted molar refractivity (Wildman–Crippen MR) is 87.1 cm³/mol. The minimum Gasteiger partial charge on any atom is -0.457 e. The number of amides is 1. The zero-order valence-electron chi connectivity index (χ0n) is 13.5. The number of rotatable bonds is 4. The van der Waals surface area contributed by atoms with Crippen molar-refractivity contribution in [1.29, 1.82) is 0 Å². The second-order valence-electron chi connectivity index (χ2n) is 5.90. The van der Waals surface area contributed by atoms with Crippen molar-refractivity contribution in [2.45, 2.75) is 19.4 Å². The van der Waals surface area contributed by atoms with Crippen LogP contribution in [0.4, 0.5) is 8.78 Å². The van der Waals surface area contributed by atoms with Crippen LogP contribution in [0.1, 0.15) is 39.1 Å². The van der Waals surface area contributed by atoms with E-state index in [2.05, 4.69) is 0 Å². The summed E-state index contributed by atoms with van der Waals surface area (Å²) in [7, 11) is 0. The van der Waals surface area contributed by atoms with E-state index < -0.39 is 17.6 Å². The highest BCUT2D eigenvalue weighted by Crippen LogP contribution is 2.15. The number of hydrogen-bond acceptors (Lipinski definition) is 3. The molecule has 1 saturated heterocycles. The predicted octanol–water partition coefficient (Wildman–Crippen LogP) is 3.56. The molecule has 1 heterocycles. The van der Waals surface area contributed by atoms with E-state index in [4.69, 9.17) is 4.74 Å². The van der Waals surface area contributed by atoms with Crippen molar-refractivity contribution in [3.05, 3.63) is 70.8 Å². The lowest BCUT2D eigenvalue weighted by Crippen LogP contribution is -2.27. The van der Waals surface area contributed by atoms with Crippen molar-refractivity contribution in [2.24, 2.45) is 0 Å². The van der Waals surface area contributed by atoms with Gasteiger partial charge in [-0.1, -0.05) is 12.1 Å². The Morgan fingerprint density at radius 2 is 1.68 bits per heavy atom. The van der Waals surface area contributed by atoms with Crippen molar-refractivity contribution in [1.82, 2.24) is 4.90 Å². The summed E-state index contributed by atoms with van der Waals surface area (Å²) in [5, 5.41) is 0. The standard InChI is InChI=1S/C19H17F2NO3/c20-15-7-8-16(17(21)11-15)19(24)25-12-13-3-5-14(6-4-13)18(23)22-9-1-2-10-22/h3-8,11H,1-2,9-10,12H2. The number of carbonyl (C=O) groups is 2. The van der Waals surface area contributed by atoms with Gasteiger partial charge < -0.3 is 9.64 Å². The molecule has 0 spiro atoms. The molecule has 0 aliphatic carbocycles. The molecule has 0 bridgehead atoms. The molecule has 6 heteroatoms. The Kier molecular flexibility index (Phi) is 5.07. The van der Waals surface area contributed by atoms with Crippen LogP contribution in [-0.2, 0) is 11.3 Å². The van der Waals surface area contributed by atoms with E-state index in [0.29, 0.717) is 17.2 Å². The van der Waals surface area contributed by atoms with Crippen LogP contribution in [0, 0.1) is 11.6 Å². The maximum absolute atomic E-state index is 13.5. The minimum atomic E-state index is -0.962. The normalized spacial score (nSPS) is 13.8. The van der Waals surface area contributed by atoms with Crippen LogP contribution < -0.4 is 0 Å². The first kappa shape index (κ1) is 17.1. The Morgan fingerprint density at radius 3 is 2.32 bits per heavy atom. The second-order valence-corrected chi connectivity index (χ2v) is 5.90. The van der Waals surface area contributed by atoms with Gasteiger partial charge >= 0.3 is 5.97 Å². The van der Waals surface area contributed by atoms with Crippen LogP contribution >= 0.6 is 0 Å². The van der Waals surface area contributed by atoms with Gasteiger partial charge in [0, 0.05) is 24.7 Å². The molecule has 3 rings (SSSR count). The third-order valence-electron chi connectivity index (χ3n) is 4.12. The molecular weight excluding hydrogens is 328 g/mol. The second kappa shape index (κ2) is 7.42. The lowest BCUT2D eigenvalue weighted by Gasteiger charge is -2.15. The van der Waals surface area contributed by atoms with Gasteiger partial charge in [0.1, 0.15) is 18.2 Å². The number of ether oxygens (including phenoxy) is 1. The summed E-state index contributed by atoms with van der Waals surface area (Å²) < 4.78 is 31.4. The molecule has 0 radical (unpaired) electrons. The van der Waals surface area contributed by atoms with Gasteiger partial charge in [0.2, 0.25) is 0 Å². The molecule has 25 heavy (non-hydrogen) atoms. The van der Waals surface area contributed by atoms with Crippen molar-refractivity contribution < 1.29 is 23.1 Å². The van der Waals surface area contributed by atoms with Crippen LogP contribution in [0.25, 0.3) is 0 Å². The molecule has 0 aromatic heterocycles. The summed E-state index contributed by atoms with van der Waals surface area (Å²) in [5.74, 6) is -2.59. The third-order valence-corrected chi connectivity index (χ3v) is 4.12. The molecule has 1 aliphatic heterocycles. The van der Waals surface area contributed by atoms with E-state index in [0.717, 1.165) is 38.1 Å². The van der Waals surface area contributed by atoms with Crippen molar-refractivity contribution in [3.63, 3.8) is 0 Å². The van der Waals surface area contributed by atoms with E-state index >= 15 is 0 Å². The molecule has 4 nitrogen and oxygen atoms in total. The molecule has 1 fully saturated rings. The zero-order chi connectivity index (χ0) is 17.8. The average Bonchev–Trinajstić information content (AvgIpc) is 3.14. The fraction of sp³-hybridized carbons (Fsp3) is 0.263. The Bertz CT molecular complexity index is 784. The maximum Gasteiger partial charge on any atom is 0.341 e. The summed E-state index contributed by atoms with van der Waals surface area (Å²) in [6, 6.07) is 9.43. The summed E-state index contributed by atoms with van der Waals surface area (Å²) in [6.45, 7) is 1.50. The monoisotopic (exact) mass is 345 g/mol. The van der Waals surface area contributed by atoms with E-state index in [9.17, 15) is 18.4 Å². The molecular formula is C19H17F2NO3. The number of halogens is 2. The van der Waals surface area contributed by atoms with E-state index in [-0.39, 0.29) is 18.1 Å². The number of hydrogen-bond donors (Lipinski definition) is 0. The minimum absolute atomic E-state index is 0.00516. The van der Waals surface area contributed by atoms with Crippen molar-refractivity contribution >= 4 is 11.9 Å². The molecule has 2 aromatic carbocycles.